The molecule has 0 aliphatic carbocycles. The molecule has 0 radical (unpaired) electrons. The highest BCUT2D eigenvalue weighted by atomic mass is 32.2. The predicted molar refractivity (Wildman–Crippen MR) is 63.2 cm³/mol. The van der Waals surface area contributed by atoms with Crippen LogP contribution in [0.3, 0.4) is 0 Å². The molecule has 0 bridgehead atoms. The van der Waals surface area contributed by atoms with E-state index in [1.807, 2.05) is 11.6 Å². The molecular weight excluding hydrogens is 224 g/mol. The number of aromatic nitrogens is 3. The minimum absolute atomic E-state index is 0.445. The molecular formula is C10H18N4OS. The van der Waals surface area contributed by atoms with Crippen LogP contribution in [0.2, 0.25) is 0 Å². The van der Waals surface area contributed by atoms with Crippen LogP contribution in [-0.4, -0.2) is 33.7 Å². The van der Waals surface area contributed by atoms with Gasteiger partial charge in [0.15, 0.2) is 5.16 Å². The Balaban J connectivity index is 1.78. The first-order valence-corrected chi connectivity index (χ1v) is 6.58. The third kappa shape index (κ3) is 2.75. The number of thioether (sulfide) groups is 1. The van der Waals surface area contributed by atoms with Crippen LogP contribution >= 0.6 is 11.8 Å². The van der Waals surface area contributed by atoms with Crippen LogP contribution < -0.4 is 5.73 Å². The molecule has 1 aliphatic rings. The van der Waals surface area contributed by atoms with Crippen LogP contribution in [0.4, 0.5) is 0 Å². The zero-order valence-corrected chi connectivity index (χ0v) is 10.4. The van der Waals surface area contributed by atoms with Crippen LogP contribution in [0.1, 0.15) is 18.7 Å². The van der Waals surface area contributed by atoms with Gasteiger partial charge >= 0.3 is 0 Å². The van der Waals surface area contributed by atoms with Crippen molar-refractivity contribution in [3.8, 4) is 0 Å². The molecule has 1 unspecified atom stereocenters. The molecule has 1 fully saturated rings. The highest BCUT2D eigenvalue weighted by Gasteiger charge is 2.16. The van der Waals surface area contributed by atoms with Gasteiger partial charge in [-0.2, -0.15) is 0 Å². The van der Waals surface area contributed by atoms with Crippen molar-refractivity contribution in [3.05, 3.63) is 5.82 Å². The van der Waals surface area contributed by atoms with Crippen molar-refractivity contribution in [3.63, 3.8) is 0 Å². The van der Waals surface area contributed by atoms with Crippen molar-refractivity contribution in [2.75, 3.05) is 19.0 Å². The largest absolute Gasteiger partial charge is 0.381 e. The Labute approximate surface area is 99.7 Å². The Morgan fingerprint density at radius 1 is 1.56 bits per heavy atom. The molecule has 1 aromatic rings. The smallest absolute Gasteiger partial charge is 0.190 e. The summed E-state index contributed by atoms with van der Waals surface area (Å²) in [5.41, 5.74) is 5.54. The Hall–Kier alpha value is -0.590. The molecule has 0 spiro atoms. The van der Waals surface area contributed by atoms with Gasteiger partial charge in [0.2, 0.25) is 0 Å². The van der Waals surface area contributed by atoms with Crippen molar-refractivity contribution in [1.82, 2.24) is 14.8 Å². The fourth-order valence-corrected chi connectivity index (χ4v) is 2.81. The van der Waals surface area contributed by atoms with E-state index in [-0.39, 0.29) is 0 Å². The summed E-state index contributed by atoms with van der Waals surface area (Å²) >= 11 is 1.75. The summed E-state index contributed by atoms with van der Waals surface area (Å²) in [7, 11) is 1.96. The van der Waals surface area contributed by atoms with Crippen LogP contribution in [-0.2, 0) is 18.3 Å². The standard InChI is InChI=1S/C10H18N4OS/c1-14-9(6-11)12-13-10(14)16-5-3-8-2-4-15-7-8/h8H,2-7,11H2,1H3. The molecule has 2 N–H and O–H groups in total. The molecule has 0 saturated carbocycles. The molecule has 6 heteroatoms. The summed E-state index contributed by atoms with van der Waals surface area (Å²) in [6, 6.07) is 0. The average molecular weight is 242 g/mol. The van der Waals surface area contributed by atoms with E-state index < -0.39 is 0 Å². The van der Waals surface area contributed by atoms with Crippen molar-refractivity contribution < 1.29 is 4.74 Å². The van der Waals surface area contributed by atoms with Gasteiger partial charge in [-0.05, 0) is 18.8 Å². The van der Waals surface area contributed by atoms with E-state index in [1.165, 1.54) is 12.8 Å². The molecule has 1 aliphatic heterocycles. The SMILES string of the molecule is Cn1c(CN)nnc1SCCC1CCOC1. The lowest BCUT2D eigenvalue weighted by molar-refractivity contribution is 0.185. The highest BCUT2D eigenvalue weighted by molar-refractivity contribution is 7.99. The summed E-state index contributed by atoms with van der Waals surface area (Å²) in [6.45, 7) is 2.30. The maximum Gasteiger partial charge on any atom is 0.190 e. The molecule has 5 nitrogen and oxygen atoms in total. The topological polar surface area (TPSA) is 66.0 Å². The summed E-state index contributed by atoms with van der Waals surface area (Å²) < 4.78 is 7.31. The lowest BCUT2D eigenvalue weighted by Gasteiger charge is -2.06. The van der Waals surface area contributed by atoms with E-state index in [0.717, 1.165) is 35.9 Å². The van der Waals surface area contributed by atoms with E-state index in [0.29, 0.717) is 6.54 Å². The third-order valence-electron chi connectivity index (χ3n) is 2.89. The lowest BCUT2D eigenvalue weighted by Crippen LogP contribution is -2.05. The highest BCUT2D eigenvalue weighted by Crippen LogP contribution is 2.22. The predicted octanol–water partition coefficient (Wildman–Crippen LogP) is 0.792. The molecule has 90 valence electrons. The maximum absolute atomic E-state index is 5.54. The zero-order chi connectivity index (χ0) is 11.4. The number of nitrogens with zero attached hydrogens (tertiary/aromatic N) is 3. The first kappa shape index (κ1) is 11.9. The van der Waals surface area contributed by atoms with E-state index in [2.05, 4.69) is 10.2 Å². The maximum atomic E-state index is 5.54. The van der Waals surface area contributed by atoms with Crippen molar-refractivity contribution in [1.29, 1.82) is 0 Å². The Morgan fingerprint density at radius 3 is 3.06 bits per heavy atom. The van der Waals surface area contributed by atoms with Gasteiger partial charge in [-0.1, -0.05) is 11.8 Å². The molecule has 0 amide bonds. The van der Waals surface area contributed by atoms with Gasteiger partial charge in [0.05, 0.1) is 6.54 Å². The Kier molecular flexibility index (Phi) is 4.20. The first-order chi connectivity index (χ1) is 7.81. The van der Waals surface area contributed by atoms with Crippen LogP contribution in [0.25, 0.3) is 0 Å². The van der Waals surface area contributed by atoms with Gasteiger partial charge in [0.25, 0.3) is 0 Å². The van der Waals surface area contributed by atoms with E-state index in [4.69, 9.17) is 10.5 Å². The van der Waals surface area contributed by atoms with Crippen molar-refractivity contribution >= 4 is 11.8 Å². The molecule has 0 aromatic carbocycles. The first-order valence-electron chi connectivity index (χ1n) is 5.60. The zero-order valence-electron chi connectivity index (χ0n) is 9.56. The van der Waals surface area contributed by atoms with Crippen LogP contribution in [0.15, 0.2) is 5.16 Å². The molecule has 1 saturated heterocycles. The molecule has 16 heavy (non-hydrogen) atoms. The Morgan fingerprint density at radius 2 is 2.44 bits per heavy atom. The summed E-state index contributed by atoms with van der Waals surface area (Å²) in [4.78, 5) is 0. The summed E-state index contributed by atoms with van der Waals surface area (Å²) in [5, 5.41) is 9.10. The second kappa shape index (κ2) is 5.65. The number of rotatable bonds is 5. The average Bonchev–Trinajstić information content (AvgIpc) is 2.90. The number of nitrogens with two attached hydrogens (primary N) is 1. The summed E-state index contributed by atoms with van der Waals surface area (Å²) in [6.07, 6.45) is 2.39. The fourth-order valence-electron chi connectivity index (χ4n) is 1.78. The van der Waals surface area contributed by atoms with Crippen molar-refractivity contribution in [2.24, 2.45) is 18.7 Å². The fraction of sp³-hybridized carbons (Fsp3) is 0.800. The quantitative estimate of drug-likeness (QED) is 0.773. The van der Waals surface area contributed by atoms with Gasteiger partial charge < -0.3 is 15.0 Å². The second-order valence-corrected chi connectivity index (χ2v) is 5.09. The van der Waals surface area contributed by atoms with Crippen LogP contribution in [0.5, 0.6) is 0 Å². The number of hydrogen-bond donors (Lipinski definition) is 1. The monoisotopic (exact) mass is 242 g/mol. The normalized spacial score (nSPS) is 20.5. The minimum atomic E-state index is 0.445. The van der Waals surface area contributed by atoms with E-state index in [9.17, 15) is 0 Å². The Bertz CT molecular complexity index is 336. The number of hydrogen-bond acceptors (Lipinski definition) is 5. The molecule has 2 rings (SSSR count). The third-order valence-corrected chi connectivity index (χ3v) is 3.94. The van der Waals surface area contributed by atoms with Gasteiger partial charge in [0, 0.05) is 26.0 Å². The number of ether oxygens (including phenoxy) is 1. The van der Waals surface area contributed by atoms with Gasteiger partial charge in [-0.25, -0.2) is 0 Å². The van der Waals surface area contributed by atoms with Gasteiger partial charge in [0.1, 0.15) is 5.82 Å². The minimum Gasteiger partial charge on any atom is -0.381 e. The van der Waals surface area contributed by atoms with Crippen LogP contribution in [0, 0.1) is 5.92 Å². The second-order valence-electron chi connectivity index (χ2n) is 4.03. The molecule has 2 heterocycles. The molecule has 1 aromatic heterocycles. The van der Waals surface area contributed by atoms with Gasteiger partial charge in [-0.15, -0.1) is 10.2 Å². The summed E-state index contributed by atoms with van der Waals surface area (Å²) in [5.74, 6) is 2.64. The van der Waals surface area contributed by atoms with Crippen molar-refractivity contribution in [2.45, 2.75) is 24.5 Å². The molecule has 1 atom stereocenters. The van der Waals surface area contributed by atoms with Gasteiger partial charge in [-0.3, -0.25) is 0 Å². The van der Waals surface area contributed by atoms with E-state index in [1.54, 1.807) is 11.8 Å². The lowest BCUT2D eigenvalue weighted by atomic mass is 10.1. The van der Waals surface area contributed by atoms with E-state index >= 15 is 0 Å².